The number of nitro groups is 1. The van der Waals surface area contributed by atoms with E-state index < -0.39 is 22.4 Å². The molecule has 2 aliphatic rings. The Labute approximate surface area is 225 Å². The first-order valence-corrected chi connectivity index (χ1v) is 13.4. The Balaban J connectivity index is 1.27. The van der Waals surface area contributed by atoms with E-state index in [9.17, 15) is 28.1 Å². The molecular formula is C27H34F3N5O4. The average Bonchev–Trinajstić information content (AvgIpc) is 2.92. The van der Waals surface area contributed by atoms with Crippen LogP contribution in [0, 0.1) is 10.1 Å². The SMILES string of the molecule is CCCCC(=O)N1CCN(c2ccnc(OC3CCC(Nc4ccc([N+](=O)[O-])c(C(F)(F)F)c4)CC3)c2)CC1. The second-order valence-electron chi connectivity index (χ2n) is 10.0. The number of pyridine rings is 1. The number of anilines is 2. The molecule has 1 saturated carbocycles. The van der Waals surface area contributed by atoms with Gasteiger partial charge in [-0.05, 0) is 50.3 Å². The van der Waals surface area contributed by atoms with Gasteiger partial charge >= 0.3 is 6.18 Å². The molecule has 212 valence electrons. The molecule has 0 radical (unpaired) electrons. The summed E-state index contributed by atoms with van der Waals surface area (Å²) in [5, 5.41) is 14.1. The lowest BCUT2D eigenvalue weighted by Gasteiger charge is -2.36. The molecule has 9 nitrogen and oxygen atoms in total. The van der Waals surface area contributed by atoms with E-state index in [1.807, 2.05) is 17.0 Å². The average molecular weight is 550 g/mol. The van der Waals surface area contributed by atoms with Gasteiger partial charge in [0.25, 0.3) is 5.69 Å². The molecule has 1 aliphatic heterocycles. The smallest absolute Gasteiger partial charge is 0.423 e. The van der Waals surface area contributed by atoms with Crippen molar-refractivity contribution < 1.29 is 27.6 Å². The summed E-state index contributed by atoms with van der Waals surface area (Å²) < 4.78 is 46.0. The number of hydrogen-bond donors (Lipinski definition) is 1. The Bertz CT molecular complexity index is 1150. The second-order valence-corrected chi connectivity index (χ2v) is 10.0. The molecule has 1 aromatic carbocycles. The van der Waals surface area contributed by atoms with Gasteiger partial charge in [-0.3, -0.25) is 14.9 Å². The molecule has 4 rings (SSSR count). The number of rotatable bonds is 9. The molecule has 2 fully saturated rings. The Kier molecular flexibility index (Phi) is 9.13. The van der Waals surface area contributed by atoms with Gasteiger partial charge in [-0.15, -0.1) is 0 Å². The molecule has 0 unspecified atom stereocenters. The summed E-state index contributed by atoms with van der Waals surface area (Å²) in [6.45, 7) is 4.96. The topological polar surface area (TPSA) is 101 Å². The number of hydrogen-bond acceptors (Lipinski definition) is 7. The number of unbranched alkanes of at least 4 members (excludes halogenated alkanes) is 1. The minimum atomic E-state index is -4.81. The summed E-state index contributed by atoms with van der Waals surface area (Å²) in [5.74, 6) is 0.741. The van der Waals surface area contributed by atoms with E-state index in [0.717, 1.165) is 43.8 Å². The number of nitrogens with zero attached hydrogens (tertiary/aromatic N) is 4. The largest absolute Gasteiger partial charge is 0.474 e. The molecule has 0 atom stereocenters. The van der Waals surface area contributed by atoms with E-state index in [4.69, 9.17) is 4.74 Å². The van der Waals surface area contributed by atoms with Crippen LogP contribution in [0.1, 0.15) is 57.4 Å². The third-order valence-electron chi connectivity index (χ3n) is 7.29. The van der Waals surface area contributed by atoms with E-state index in [2.05, 4.69) is 22.1 Å². The molecule has 0 bridgehead atoms. The molecule has 39 heavy (non-hydrogen) atoms. The number of nitrogens with one attached hydrogen (secondary N) is 1. The fourth-order valence-electron chi connectivity index (χ4n) is 5.10. The number of ether oxygens (including phenoxy) is 1. The van der Waals surface area contributed by atoms with Crippen molar-refractivity contribution >= 4 is 23.0 Å². The lowest BCUT2D eigenvalue weighted by molar-refractivity contribution is -0.388. The summed E-state index contributed by atoms with van der Waals surface area (Å²) in [7, 11) is 0. The first kappa shape index (κ1) is 28.4. The van der Waals surface area contributed by atoms with Crippen LogP contribution in [0.3, 0.4) is 0 Å². The van der Waals surface area contributed by atoms with Crippen LogP contribution in [0.4, 0.5) is 30.2 Å². The van der Waals surface area contributed by atoms with Crippen LogP contribution < -0.4 is 15.0 Å². The van der Waals surface area contributed by atoms with Crippen LogP contribution in [-0.4, -0.2) is 59.0 Å². The molecule has 1 aromatic heterocycles. The highest BCUT2D eigenvalue weighted by molar-refractivity contribution is 5.76. The van der Waals surface area contributed by atoms with E-state index in [-0.39, 0.29) is 23.7 Å². The number of benzene rings is 1. The van der Waals surface area contributed by atoms with E-state index in [1.165, 1.54) is 6.07 Å². The van der Waals surface area contributed by atoms with Gasteiger partial charge in [-0.2, -0.15) is 13.2 Å². The zero-order chi connectivity index (χ0) is 28.0. The monoisotopic (exact) mass is 549 g/mol. The fourth-order valence-corrected chi connectivity index (χ4v) is 5.10. The summed E-state index contributed by atoms with van der Waals surface area (Å²) in [5.41, 5.74) is -1.01. The van der Waals surface area contributed by atoms with Gasteiger partial charge in [0.2, 0.25) is 11.8 Å². The number of aromatic nitrogens is 1. The zero-order valence-electron chi connectivity index (χ0n) is 22.0. The number of nitro benzene ring substituents is 1. The first-order chi connectivity index (χ1) is 18.6. The van der Waals surface area contributed by atoms with Crippen LogP contribution in [0.2, 0.25) is 0 Å². The van der Waals surface area contributed by atoms with Crippen molar-refractivity contribution in [3.8, 4) is 5.88 Å². The van der Waals surface area contributed by atoms with Crippen molar-refractivity contribution in [3.63, 3.8) is 0 Å². The molecule has 1 N–H and O–H groups in total. The number of alkyl halides is 3. The lowest BCUT2D eigenvalue weighted by Crippen LogP contribution is -2.48. The summed E-state index contributed by atoms with van der Waals surface area (Å²) >= 11 is 0. The van der Waals surface area contributed by atoms with Crippen molar-refractivity contribution in [1.29, 1.82) is 0 Å². The first-order valence-electron chi connectivity index (χ1n) is 13.4. The van der Waals surface area contributed by atoms with E-state index in [1.54, 1.807) is 6.20 Å². The Morgan fingerprint density at radius 1 is 1.13 bits per heavy atom. The maximum Gasteiger partial charge on any atom is 0.423 e. The van der Waals surface area contributed by atoms with Crippen LogP contribution in [0.25, 0.3) is 0 Å². The van der Waals surface area contributed by atoms with Gasteiger partial charge in [-0.25, -0.2) is 4.98 Å². The van der Waals surface area contributed by atoms with Gasteiger partial charge in [0.15, 0.2) is 0 Å². The third-order valence-corrected chi connectivity index (χ3v) is 7.29. The van der Waals surface area contributed by atoms with Gasteiger partial charge in [0, 0.05) is 68.3 Å². The Hall–Kier alpha value is -3.57. The Morgan fingerprint density at radius 3 is 2.49 bits per heavy atom. The molecule has 2 heterocycles. The van der Waals surface area contributed by atoms with Crippen molar-refractivity contribution in [2.24, 2.45) is 0 Å². The molecule has 1 aliphatic carbocycles. The van der Waals surface area contributed by atoms with Crippen LogP contribution in [0.15, 0.2) is 36.5 Å². The van der Waals surface area contributed by atoms with Gasteiger partial charge in [0.1, 0.15) is 11.7 Å². The third kappa shape index (κ3) is 7.51. The maximum atomic E-state index is 13.3. The van der Waals surface area contributed by atoms with E-state index in [0.29, 0.717) is 51.1 Å². The number of piperazine rings is 1. The quantitative estimate of drug-likeness (QED) is 0.319. The molecule has 12 heteroatoms. The Morgan fingerprint density at radius 2 is 1.85 bits per heavy atom. The predicted octanol–water partition coefficient (Wildman–Crippen LogP) is 5.65. The summed E-state index contributed by atoms with van der Waals surface area (Å²) in [6, 6.07) is 6.78. The second kappa shape index (κ2) is 12.5. The minimum Gasteiger partial charge on any atom is -0.474 e. The van der Waals surface area contributed by atoms with Gasteiger partial charge in [0.05, 0.1) is 4.92 Å². The molecule has 1 amide bonds. The van der Waals surface area contributed by atoms with Gasteiger partial charge in [-0.1, -0.05) is 13.3 Å². The molecule has 1 saturated heterocycles. The highest BCUT2D eigenvalue weighted by atomic mass is 19.4. The van der Waals surface area contributed by atoms with Crippen LogP contribution in [0.5, 0.6) is 5.88 Å². The lowest BCUT2D eigenvalue weighted by atomic mass is 9.92. The number of carbonyl (C=O) groups excluding carboxylic acids is 1. The highest BCUT2D eigenvalue weighted by Gasteiger charge is 2.38. The van der Waals surface area contributed by atoms with Crippen molar-refractivity contribution in [1.82, 2.24) is 9.88 Å². The maximum absolute atomic E-state index is 13.3. The number of halogens is 3. The predicted molar refractivity (Wildman–Crippen MR) is 141 cm³/mol. The number of amides is 1. The van der Waals surface area contributed by atoms with Crippen molar-refractivity contribution in [3.05, 3.63) is 52.2 Å². The highest BCUT2D eigenvalue weighted by Crippen LogP contribution is 2.38. The minimum absolute atomic E-state index is 0.0667. The van der Waals surface area contributed by atoms with E-state index >= 15 is 0 Å². The zero-order valence-corrected chi connectivity index (χ0v) is 22.0. The van der Waals surface area contributed by atoms with Gasteiger partial charge < -0.3 is 19.9 Å². The summed E-state index contributed by atoms with van der Waals surface area (Å²) in [6.07, 6.45) is 2.10. The normalized spacial score (nSPS) is 20.0. The van der Waals surface area contributed by atoms with Crippen molar-refractivity contribution in [2.75, 3.05) is 36.4 Å². The van der Waals surface area contributed by atoms with Crippen LogP contribution >= 0.6 is 0 Å². The number of carbonyl (C=O) groups is 1. The molecular weight excluding hydrogens is 515 g/mol. The molecule has 2 aromatic rings. The summed E-state index contributed by atoms with van der Waals surface area (Å²) in [4.78, 5) is 30.8. The fraction of sp³-hybridized carbons (Fsp3) is 0.556. The van der Waals surface area contributed by atoms with Crippen LogP contribution in [-0.2, 0) is 11.0 Å². The standard InChI is InChI=1S/C27H34F3N5O4/c1-2-3-4-26(36)34-15-13-33(14-16-34)21-11-12-31-25(18-21)39-22-8-5-19(6-9-22)32-20-7-10-24(35(37)38)23(17-20)27(28,29)30/h7,10-12,17-19,22,32H,2-6,8-9,13-16H2,1H3. The van der Waals surface area contributed by atoms with Crippen molar-refractivity contribution in [2.45, 2.75) is 70.2 Å². The molecule has 0 spiro atoms.